The first-order valence-corrected chi connectivity index (χ1v) is 13.5. The van der Waals surface area contributed by atoms with E-state index in [1.165, 1.54) is 12.8 Å². The number of nitrogens with one attached hydrogen (secondary N) is 3. The number of hydrogen-bond donors (Lipinski definition) is 3. The van der Waals surface area contributed by atoms with Crippen LogP contribution in [0.5, 0.6) is 0 Å². The molecule has 0 spiro atoms. The number of benzene rings is 1. The summed E-state index contributed by atoms with van der Waals surface area (Å²) in [4.78, 5) is 26.6. The first-order valence-electron chi connectivity index (χ1n) is 13.1. The summed E-state index contributed by atoms with van der Waals surface area (Å²) < 4.78 is 0. The average molecular weight is 507 g/mol. The molecule has 1 aromatic carbocycles. The van der Waals surface area contributed by atoms with Crippen molar-refractivity contribution in [1.29, 1.82) is 0 Å². The van der Waals surface area contributed by atoms with E-state index in [9.17, 15) is 4.79 Å². The van der Waals surface area contributed by atoms with Crippen LogP contribution in [0.2, 0.25) is 5.02 Å². The van der Waals surface area contributed by atoms with E-state index in [2.05, 4.69) is 33.2 Å². The van der Waals surface area contributed by atoms with Crippen LogP contribution in [0.1, 0.15) is 44.9 Å². The van der Waals surface area contributed by atoms with Gasteiger partial charge in [-0.1, -0.05) is 35.9 Å². The molecule has 1 aliphatic carbocycles. The molecule has 1 saturated heterocycles. The normalized spacial score (nSPS) is 21.0. The van der Waals surface area contributed by atoms with Crippen molar-refractivity contribution in [2.45, 2.75) is 57.0 Å². The number of anilines is 1. The molecule has 2 fully saturated rings. The quantitative estimate of drug-likeness (QED) is 0.356. The van der Waals surface area contributed by atoms with E-state index < -0.39 is 0 Å². The molecule has 190 valence electrons. The molecule has 36 heavy (non-hydrogen) atoms. The van der Waals surface area contributed by atoms with Crippen molar-refractivity contribution < 1.29 is 4.79 Å². The fourth-order valence-corrected chi connectivity index (χ4v) is 5.75. The van der Waals surface area contributed by atoms with E-state index in [0.717, 1.165) is 67.5 Å². The van der Waals surface area contributed by atoms with Gasteiger partial charge in [-0.2, -0.15) is 0 Å². The van der Waals surface area contributed by atoms with Gasteiger partial charge in [0.2, 0.25) is 11.9 Å². The van der Waals surface area contributed by atoms with Crippen molar-refractivity contribution in [3.8, 4) is 11.3 Å². The van der Waals surface area contributed by atoms with Crippen molar-refractivity contribution in [2.24, 2.45) is 5.92 Å². The SMILES string of the molecule is C=CCC(=O)N1CCC(CNC2CCCC(Nc3ncc(Cl)c(-c4c[nH]c5ccccc45)n3)C2)CC1. The smallest absolute Gasteiger partial charge is 0.226 e. The third kappa shape index (κ3) is 5.73. The topological polar surface area (TPSA) is 85.9 Å². The second-order valence-electron chi connectivity index (χ2n) is 10.1. The first kappa shape index (κ1) is 24.8. The summed E-state index contributed by atoms with van der Waals surface area (Å²) in [5, 5.41) is 9.03. The van der Waals surface area contributed by atoms with Crippen molar-refractivity contribution in [2.75, 3.05) is 25.0 Å². The predicted octanol–water partition coefficient (Wildman–Crippen LogP) is 5.41. The van der Waals surface area contributed by atoms with Crippen LogP contribution >= 0.6 is 11.6 Å². The third-order valence-corrected chi connectivity index (χ3v) is 7.85. The van der Waals surface area contributed by atoms with Gasteiger partial charge in [0.05, 0.1) is 16.9 Å². The Kier molecular flexibility index (Phi) is 7.87. The summed E-state index contributed by atoms with van der Waals surface area (Å²) in [7, 11) is 0. The molecule has 3 N–H and O–H groups in total. The van der Waals surface area contributed by atoms with Gasteiger partial charge in [0.1, 0.15) is 0 Å². The molecule has 5 rings (SSSR count). The van der Waals surface area contributed by atoms with Crippen LogP contribution in [0.3, 0.4) is 0 Å². The Labute approximate surface area is 217 Å². The molecule has 0 radical (unpaired) electrons. The van der Waals surface area contributed by atoms with Gasteiger partial charge in [-0.25, -0.2) is 9.97 Å². The number of amides is 1. The van der Waals surface area contributed by atoms with Gasteiger partial charge in [-0.05, 0) is 57.1 Å². The highest BCUT2D eigenvalue weighted by Gasteiger charge is 2.26. The predicted molar refractivity (Wildman–Crippen MR) is 146 cm³/mol. The molecule has 1 aliphatic heterocycles. The van der Waals surface area contributed by atoms with Gasteiger partial charge >= 0.3 is 0 Å². The molecule has 1 amide bonds. The minimum Gasteiger partial charge on any atom is -0.360 e. The Morgan fingerprint density at radius 3 is 2.83 bits per heavy atom. The number of rotatable bonds is 8. The standard InChI is InChI=1S/C28H35ClN6O/c1-2-6-26(36)35-13-11-19(12-14-35)16-30-20-7-5-8-21(15-20)33-28-32-18-24(29)27(34-28)23-17-31-25-10-4-3-9-22(23)25/h2-4,9-10,17-21,30-31H,1,5-8,11-16H2,(H,32,33,34). The zero-order chi connectivity index (χ0) is 24.9. The summed E-state index contributed by atoms with van der Waals surface area (Å²) >= 11 is 6.51. The number of fused-ring (bicyclic) bond motifs is 1. The highest BCUT2D eigenvalue weighted by atomic mass is 35.5. The molecule has 2 aliphatic rings. The number of para-hydroxylation sites is 1. The average Bonchev–Trinajstić information content (AvgIpc) is 3.33. The number of nitrogens with zero attached hydrogens (tertiary/aromatic N) is 3. The minimum absolute atomic E-state index is 0.204. The van der Waals surface area contributed by atoms with Gasteiger partial charge in [-0.15, -0.1) is 6.58 Å². The number of likely N-dealkylation sites (tertiary alicyclic amines) is 1. The summed E-state index contributed by atoms with van der Waals surface area (Å²) in [6.07, 6.45) is 12.5. The largest absolute Gasteiger partial charge is 0.360 e. The molecule has 2 unspecified atom stereocenters. The molecule has 2 aromatic heterocycles. The Morgan fingerprint density at radius 2 is 2.00 bits per heavy atom. The zero-order valence-electron chi connectivity index (χ0n) is 20.7. The second kappa shape index (κ2) is 11.4. The first-order chi connectivity index (χ1) is 17.6. The van der Waals surface area contributed by atoms with E-state index in [1.807, 2.05) is 29.3 Å². The number of aromatic nitrogens is 3. The van der Waals surface area contributed by atoms with Crippen LogP contribution in [0, 0.1) is 5.92 Å². The van der Waals surface area contributed by atoms with E-state index in [-0.39, 0.29) is 5.91 Å². The molecule has 2 atom stereocenters. The van der Waals surface area contributed by atoms with E-state index in [4.69, 9.17) is 16.6 Å². The van der Waals surface area contributed by atoms with Gasteiger partial charge in [0, 0.05) is 54.3 Å². The lowest BCUT2D eigenvalue weighted by Gasteiger charge is -2.35. The number of piperidine rings is 1. The van der Waals surface area contributed by atoms with Gasteiger partial charge in [0.25, 0.3) is 0 Å². The van der Waals surface area contributed by atoms with Crippen molar-refractivity contribution in [1.82, 2.24) is 25.2 Å². The van der Waals surface area contributed by atoms with E-state index in [0.29, 0.717) is 35.4 Å². The molecular weight excluding hydrogens is 472 g/mol. The number of H-pyrrole nitrogens is 1. The lowest BCUT2D eigenvalue weighted by atomic mass is 9.90. The molecule has 3 heterocycles. The summed E-state index contributed by atoms with van der Waals surface area (Å²) in [6, 6.07) is 8.97. The van der Waals surface area contributed by atoms with E-state index in [1.54, 1.807) is 12.3 Å². The van der Waals surface area contributed by atoms with E-state index >= 15 is 0 Å². The second-order valence-corrected chi connectivity index (χ2v) is 10.5. The molecule has 0 bridgehead atoms. The van der Waals surface area contributed by atoms with Crippen LogP contribution in [0.25, 0.3) is 22.2 Å². The highest BCUT2D eigenvalue weighted by Crippen LogP contribution is 2.33. The number of aromatic amines is 1. The van der Waals surface area contributed by atoms with Crippen LogP contribution < -0.4 is 10.6 Å². The maximum absolute atomic E-state index is 12.1. The monoisotopic (exact) mass is 506 g/mol. The summed E-state index contributed by atoms with van der Waals surface area (Å²) in [5.74, 6) is 1.46. The van der Waals surface area contributed by atoms with Crippen molar-refractivity contribution in [3.63, 3.8) is 0 Å². The number of carbonyl (C=O) groups excluding carboxylic acids is 1. The zero-order valence-corrected chi connectivity index (χ0v) is 21.4. The van der Waals surface area contributed by atoms with Crippen LogP contribution in [0.15, 0.2) is 49.3 Å². The Morgan fingerprint density at radius 1 is 1.19 bits per heavy atom. The fraction of sp³-hybridized carbons (Fsp3) is 0.464. The molecular formula is C28H35ClN6O. The number of hydrogen-bond acceptors (Lipinski definition) is 5. The summed E-state index contributed by atoms with van der Waals surface area (Å²) in [5.41, 5.74) is 2.79. The van der Waals surface area contributed by atoms with Crippen LogP contribution in [-0.2, 0) is 4.79 Å². The lowest BCUT2D eigenvalue weighted by Crippen LogP contribution is -2.44. The molecule has 7 nitrogen and oxygen atoms in total. The lowest BCUT2D eigenvalue weighted by molar-refractivity contribution is -0.131. The molecule has 1 saturated carbocycles. The Balaban J connectivity index is 1.15. The number of carbonyl (C=O) groups is 1. The molecule has 8 heteroatoms. The highest BCUT2D eigenvalue weighted by molar-refractivity contribution is 6.33. The van der Waals surface area contributed by atoms with Crippen molar-refractivity contribution in [3.05, 3.63) is 54.3 Å². The maximum Gasteiger partial charge on any atom is 0.226 e. The van der Waals surface area contributed by atoms with Gasteiger partial charge < -0.3 is 20.5 Å². The third-order valence-electron chi connectivity index (χ3n) is 7.58. The van der Waals surface area contributed by atoms with Gasteiger partial charge in [0.15, 0.2) is 0 Å². The Bertz CT molecular complexity index is 1200. The van der Waals surface area contributed by atoms with Crippen LogP contribution in [0.4, 0.5) is 5.95 Å². The number of halogens is 1. The molecule has 3 aromatic rings. The van der Waals surface area contributed by atoms with Crippen LogP contribution in [-0.4, -0.2) is 57.5 Å². The fourth-order valence-electron chi connectivity index (χ4n) is 5.55. The minimum atomic E-state index is 0.204. The van der Waals surface area contributed by atoms with Gasteiger partial charge in [-0.3, -0.25) is 4.79 Å². The van der Waals surface area contributed by atoms with Crippen molar-refractivity contribution >= 4 is 34.4 Å². The summed E-state index contributed by atoms with van der Waals surface area (Å²) in [6.45, 7) is 6.42. The maximum atomic E-state index is 12.1. The Hall–Kier alpha value is -2.90.